The van der Waals surface area contributed by atoms with Gasteiger partial charge in [0.05, 0.1) is 12.8 Å². The molecule has 0 spiro atoms. The fourth-order valence-electron chi connectivity index (χ4n) is 1.81. The van der Waals surface area contributed by atoms with Crippen molar-refractivity contribution in [3.63, 3.8) is 0 Å². The Kier molecular flexibility index (Phi) is 3.26. The Balaban J connectivity index is 2.38. The molecule has 15 heavy (non-hydrogen) atoms. The summed E-state index contributed by atoms with van der Waals surface area (Å²) in [5.41, 5.74) is 7.70. The van der Waals surface area contributed by atoms with Gasteiger partial charge in [-0.3, -0.25) is 0 Å². The zero-order valence-corrected chi connectivity index (χ0v) is 10.4. The van der Waals surface area contributed by atoms with Crippen LogP contribution in [-0.2, 0) is 6.54 Å². The lowest BCUT2D eigenvalue weighted by molar-refractivity contribution is 0.374. The Bertz CT molecular complexity index is 364. The molecule has 0 saturated heterocycles. The van der Waals surface area contributed by atoms with E-state index >= 15 is 0 Å². The van der Waals surface area contributed by atoms with E-state index in [2.05, 4.69) is 20.9 Å². The molecule has 0 atom stereocenters. The van der Waals surface area contributed by atoms with E-state index in [0.29, 0.717) is 18.3 Å². The molecule has 0 amide bonds. The molecule has 1 aromatic rings. The van der Waals surface area contributed by atoms with Crippen molar-refractivity contribution in [3.05, 3.63) is 21.8 Å². The molecule has 0 aromatic carbocycles. The fraction of sp³-hybridized carbons (Fsp3) is 0.545. The normalized spacial score (nSPS) is 16.2. The molecule has 3 nitrogen and oxygen atoms in total. The molecule has 0 radical (unpaired) electrons. The topological polar surface area (TPSA) is 48.1 Å². The first-order valence-corrected chi connectivity index (χ1v) is 5.99. The Hall–Kier alpha value is -0.610. The second-order valence-electron chi connectivity index (χ2n) is 3.86. The minimum atomic E-state index is 0.458. The van der Waals surface area contributed by atoms with Crippen molar-refractivity contribution in [1.29, 1.82) is 0 Å². The lowest BCUT2D eigenvalue weighted by Crippen LogP contribution is -2.13. The Morgan fingerprint density at radius 1 is 1.60 bits per heavy atom. The lowest BCUT2D eigenvalue weighted by Gasteiger charge is -2.26. The third kappa shape index (κ3) is 2.01. The molecule has 0 unspecified atom stereocenters. The second-order valence-corrected chi connectivity index (χ2v) is 4.71. The smallest absolute Gasteiger partial charge is 0.217 e. The van der Waals surface area contributed by atoms with Crippen LogP contribution in [0, 0.1) is 0 Å². The molecule has 1 aliphatic carbocycles. The monoisotopic (exact) mass is 270 g/mol. The number of nitrogens with zero attached hydrogens (tertiary/aromatic N) is 1. The van der Waals surface area contributed by atoms with E-state index in [4.69, 9.17) is 10.5 Å². The third-order valence-corrected chi connectivity index (χ3v) is 3.58. The minimum Gasteiger partial charge on any atom is -0.481 e. The molecule has 1 heterocycles. The van der Waals surface area contributed by atoms with Crippen LogP contribution in [0.1, 0.15) is 36.4 Å². The maximum absolute atomic E-state index is 5.63. The van der Waals surface area contributed by atoms with Gasteiger partial charge in [-0.05, 0) is 34.8 Å². The number of pyridine rings is 1. The average Bonchev–Trinajstić information content (AvgIpc) is 2.17. The number of halogens is 1. The first kappa shape index (κ1) is 10.9. The van der Waals surface area contributed by atoms with Crippen molar-refractivity contribution in [2.45, 2.75) is 31.7 Å². The van der Waals surface area contributed by atoms with E-state index < -0.39 is 0 Å². The van der Waals surface area contributed by atoms with Crippen molar-refractivity contribution in [3.8, 4) is 5.88 Å². The summed E-state index contributed by atoms with van der Waals surface area (Å²) in [4.78, 5) is 4.53. The maximum atomic E-state index is 5.63. The van der Waals surface area contributed by atoms with Crippen molar-refractivity contribution in [1.82, 2.24) is 4.98 Å². The summed E-state index contributed by atoms with van der Waals surface area (Å²) >= 11 is 3.55. The highest BCUT2D eigenvalue weighted by molar-refractivity contribution is 9.10. The third-order valence-electron chi connectivity index (χ3n) is 2.95. The van der Waals surface area contributed by atoms with Crippen LogP contribution >= 0.6 is 15.9 Å². The van der Waals surface area contributed by atoms with Gasteiger partial charge in [-0.15, -0.1) is 0 Å². The van der Waals surface area contributed by atoms with E-state index in [1.165, 1.54) is 19.3 Å². The van der Waals surface area contributed by atoms with E-state index in [1.807, 2.05) is 6.07 Å². The highest BCUT2D eigenvalue weighted by Crippen LogP contribution is 2.40. The van der Waals surface area contributed by atoms with Crippen LogP contribution in [0.25, 0.3) is 0 Å². The molecule has 0 aliphatic heterocycles. The van der Waals surface area contributed by atoms with Crippen LogP contribution in [0.3, 0.4) is 0 Å². The summed E-state index contributed by atoms with van der Waals surface area (Å²) in [5.74, 6) is 1.27. The van der Waals surface area contributed by atoms with Crippen molar-refractivity contribution in [2.75, 3.05) is 7.11 Å². The van der Waals surface area contributed by atoms with Gasteiger partial charge in [-0.25, -0.2) is 4.98 Å². The number of hydrogen-bond donors (Lipinski definition) is 1. The van der Waals surface area contributed by atoms with Gasteiger partial charge < -0.3 is 10.5 Å². The SMILES string of the molecule is COc1nc(C2CCC2)c(Br)cc1CN. The van der Waals surface area contributed by atoms with Gasteiger partial charge in [0.1, 0.15) is 0 Å². The van der Waals surface area contributed by atoms with Crippen molar-refractivity contribution < 1.29 is 4.74 Å². The van der Waals surface area contributed by atoms with Crippen LogP contribution < -0.4 is 10.5 Å². The van der Waals surface area contributed by atoms with Gasteiger partial charge in [0.25, 0.3) is 0 Å². The first-order chi connectivity index (χ1) is 7.26. The van der Waals surface area contributed by atoms with Gasteiger partial charge in [0.2, 0.25) is 5.88 Å². The molecule has 82 valence electrons. The molecule has 0 bridgehead atoms. The van der Waals surface area contributed by atoms with Gasteiger partial charge in [0, 0.05) is 22.5 Å². The molecule has 4 heteroatoms. The molecule has 1 saturated carbocycles. The summed E-state index contributed by atoms with van der Waals surface area (Å²) in [6, 6.07) is 2.03. The Morgan fingerprint density at radius 3 is 2.80 bits per heavy atom. The van der Waals surface area contributed by atoms with Crippen LogP contribution in [0.2, 0.25) is 0 Å². The number of rotatable bonds is 3. The van der Waals surface area contributed by atoms with Gasteiger partial charge in [0.15, 0.2) is 0 Å². The quantitative estimate of drug-likeness (QED) is 0.919. The molecule has 1 fully saturated rings. The van der Waals surface area contributed by atoms with E-state index in [0.717, 1.165) is 15.7 Å². The summed E-state index contributed by atoms with van der Waals surface area (Å²) in [5, 5.41) is 0. The Morgan fingerprint density at radius 2 is 2.33 bits per heavy atom. The zero-order valence-electron chi connectivity index (χ0n) is 8.79. The molecule has 2 rings (SSSR count). The molecule has 1 aromatic heterocycles. The minimum absolute atomic E-state index is 0.458. The summed E-state index contributed by atoms with van der Waals surface area (Å²) < 4.78 is 6.30. The van der Waals surface area contributed by atoms with Gasteiger partial charge >= 0.3 is 0 Å². The maximum Gasteiger partial charge on any atom is 0.217 e. The number of ether oxygens (including phenoxy) is 1. The molecular formula is C11H15BrN2O. The highest BCUT2D eigenvalue weighted by atomic mass is 79.9. The van der Waals surface area contributed by atoms with Crippen LogP contribution in [0.4, 0.5) is 0 Å². The number of nitrogens with two attached hydrogens (primary N) is 1. The molecule has 1 aliphatic rings. The van der Waals surface area contributed by atoms with E-state index in [-0.39, 0.29) is 0 Å². The van der Waals surface area contributed by atoms with Crippen LogP contribution in [0.15, 0.2) is 10.5 Å². The lowest BCUT2D eigenvalue weighted by atomic mass is 9.82. The zero-order chi connectivity index (χ0) is 10.8. The van der Waals surface area contributed by atoms with Crippen molar-refractivity contribution >= 4 is 15.9 Å². The second kappa shape index (κ2) is 4.49. The van der Waals surface area contributed by atoms with Crippen LogP contribution in [-0.4, -0.2) is 12.1 Å². The molecule has 2 N–H and O–H groups in total. The predicted molar refractivity (Wildman–Crippen MR) is 63.0 cm³/mol. The number of methoxy groups -OCH3 is 1. The average molecular weight is 271 g/mol. The largest absolute Gasteiger partial charge is 0.481 e. The van der Waals surface area contributed by atoms with Crippen molar-refractivity contribution in [2.24, 2.45) is 5.73 Å². The summed E-state index contributed by atoms with van der Waals surface area (Å²) in [6.07, 6.45) is 3.77. The highest BCUT2D eigenvalue weighted by Gasteiger charge is 2.24. The van der Waals surface area contributed by atoms with Crippen LogP contribution in [0.5, 0.6) is 5.88 Å². The number of aromatic nitrogens is 1. The van der Waals surface area contributed by atoms with Gasteiger partial charge in [-0.2, -0.15) is 0 Å². The summed E-state index contributed by atoms with van der Waals surface area (Å²) in [7, 11) is 1.64. The van der Waals surface area contributed by atoms with E-state index in [1.54, 1.807) is 7.11 Å². The number of hydrogen-bond acceptors (Lipinski definition) is 3. The standard InChI is InChI=1S/C11H15BrN2O/c1-15-11-8(6-13)5-9(12)10(14-11)7-3-2-4-7/h5,7H,2-4,6,13H2,1H3. The fourth-order valence-corrected chi connectivity index (χ4v) is 2.50. The first-order valence-electron chi connectivity index (χ1n) is 5.19. The van der Waals surface area contributed by atoms with E-state index in [9.17, 15) is 0 Å². The van der Waals surface area contributed by atoms with Gasteiger partial charge in [-0.1, -0.05) is 6.42 Å². The predicted octanol–water partition coefficient (Wildman–Crippen LogP) is 2.58. The molecular weight excluding hydrogens is 256 g/mol. The Labute approximate surface area is 98.2 Å². The summed E-state index contributed by atoms with van der Waals surface area (Å²) in [6.45, 7) is 0.458.